The molecule has 0 saturated carbocycles. The maximum absolute atomic E-state index is 14.2. The summed E-state index contributed by atoms with van der Waals surface area (Å²) in [5, 5.41) is 22.7. The molecule has 2 aromatic heterocycles. The molecule has 34 heavy (non-hydrogen) atoms. The zero-order valence-electron chi connectivity index (χ0n) is 17.3. The minimum atomic E-state index is -1.25. The number of alkyl halides is 1. The van der Waals surface area contributed by atoms with Crippen molar-refractivity contribution in [2.75, 3.05) is 16.9 Å². The largest absolute Gasteiger partial charge is 0.486 e. The van der Waals surface area contributed by atoms with Gasteiger partial charge >= 0.3 is 0 Å². The number of aromatic nitrogens is 3. The van der Waals surface area contributed by atoms with Crippen molar-refractivity contribution in [3.8, 4) is 11.4 Å². The van der Waals surface area contributed by atoms with Gasteiger partial charge in [-0.1, -0.05) is 6.07 Å². The monoisotopic (exact) mass is 489 g/mol. The number of halogens is 3. The summed E-state index contributed by atoms with van der Waals surface area (Å²) in [4.78, 5) is 24.8. The lowest BCUT2D eigenvalue weighted by Gasteiger charge is -2.31. The minimum absolute atomic E-state index is 0.0881. The second-order valence-corrected chi connectivity index (χ2v) is 7.60. The number of pyridine rings is 1. The van der Waals surface area contributed by atoms with Crippen LogP contribution in [0.4, 0.5) is 20.2 Å². The van der Waals surface area contributed by atoms with E-state index in [-0.39, 0.29) is 34.5 Å². The number of amides is 1. The first-order valence-electron chi connectivity index (χ1n) is 9.93. The fraction of sp³-hybridized carbons (Fsp3) is 0.182. The molecular formula is C22H18ClF2N5O4. The van der Waals surface area contributed by atoms with Crippen LogP contribution in [0, 0.1) is 11.6 Å². The van der Waals surface area contributed by atoms with Gasteiger partial charge in [-0.3, -0.25) is 9.78 Å². The Bertz CT molecular complexity index is 1260. The molecule has 0 saturated heterocycles. The molecule has 1 aliphatic heterocycles. The van der Waals surface area contributed by atoms with Crippen LogP contribution in [0.1, 0.15) is 16.1 Å². The molecule has 3 aromatic rings. The molecule has 4 rings (SSSR count). The number of nitrogen functional groups attached to an aromatic ring is 1. The molecule has 0 bridgehead atoms. The Labute approximate surface area is 196 Å². The maximum atomic E-state index is 14.2. The fourth-order valence-corrected chi connectivity index (χ4v) is 3.56. The second kappa shape index (κ2) is 9.67. The highest BCUT2D eigenvalue weighted by Gasteiger charge is 2.33. The van der Waals surface area contributed by atoms with Gasteiger partial charge in [0, 0.05) is 11.8 Å². The van der Waals surface area contributed by atoms with E-state index in [9.17, 15) is 23.8 Å². The number of aliphatic hydroxyl groups excluding tert-OH is 2. The Morgan fingerprint density at radius 1 is 1.21 bits per heavy atom. The van der Waals surface area contributed by atoms with Crippen molar-refractivity contribution >= 4 is 34.6 Å². The highest BCUT2D eigenvalue weighted by atomic mass is 35.5. The molecule has 176 valence electrons. The maximum Gasteiger partial charge on any atom is 0.276 e. The van der Waals surface area contributed by atoms with E-state index in [1.807, 2.05) is 0 Å². The van der Waals surface area contributed by atoms with E-state index in [1.54, 1.807) is 0 Å². The SMILES string of the molecule is Nc1cnc(-c2c(F)cccc2F)nc1C(=O)Nc1cnccc1C1=CC(O)C(O)C(CCl)O1. The van der Waals surface area contributed by atoms with E-state index in [0.717, 1.165) is 18.3 Å². The first-order chi connectivity index (χ1) is 16.3. The summed E-state index contributed by atoms with van der Waals surface area (Å²) >= 11 is 5.82. The molecule has 9 nitrogen and oxygen atoms in total. The van der Waals surface area contributed by atoms with Crippen LogP contribution in [-0.4, -0.2) is 55.3 Å². The number of benzene rings is 1. The molecule has 0 fully saturated rings. The highest BCUT2D eigenvalue weighted by Crippen LogP contribution is 2.31. The van der Waals surface area contributed by atoms with Crippen molar-refractivity contribution < 1.29 is 28.5 Å². The van der Waals surface area contributed by atoms with E-state index in [0.29, 0.717) is 5.56 Å². The number of anilines is 2. The Balaban J connectivity index is 1.67. The van der Waals surface area contributed by atoms with E-state index in [2.05, 4.69) is 20.3 Å². The van der Waals surface area contributed by atoms with Crippen LogP contribution in [0.15, 0.2) is 48.9 Å². The smallest absolute Gasteiger partial charge is 0.276 e. The second-order valence-electron chi connectivity index (χ2n) is 7.29. The van der Waals surface area contributed by atoms with Crippen LogP contribution in [0.3, 0.4) is 0 Å². The summed E-state index contributed by atoms with van der Waals surface area (Å²) in [6.07, 6.45) is 1.74. The van der Waals surface area contributed by atoms with Gasteiger partial charge in [-0.05, 0) is 24.3 Å². The lowest BCUT2D eigenvalue weighted by atomic mass is 10.0. The fourth-order valence-electron chi connectivity index (χ4n) is 3.32. The average Bonchev–Trinajstić information content (AvgIpc) is 2.82. The van der Waals surface area contributed by atoms with Crippen molar-refractivity contribution in [3.63, 3.8) is 0 Å². The van der Waals surface area contributed by atoms with Gasteiger partial charge in [0.25, 0.3) is 5.91 Å². The van der Waals surface area contributed by atoms with Gasteiger partial charge in [0.15, 0.2) is 11.5 Å². The molecule has 3 unspecified atom stereocenters. The van der Waals surface area contributed by atoms with Crippen LogP contribution in [0.25, 0.3) is 17.1 Å². The lowest BCUT2D eigenvalue weighted by Crippen LogP contribution is -2.42. The minimum Gasteiger partial charge on any atom is -0.486 e. The van der Waals surface area contributed by atoms with E-state index >= 15 is 0 Å². The number of carbonyl (C=O) groups is 1. The summed E-state index contributed by atoms with van der Waals surface area (Å²) in [7, 11) is 0. The number of hydrogen-bond donors (Lipinski definition) is 4. The number of ether oxygens (including phenoxy) is 1. The van der Waals surface area contributed by atoms with Gasteiger partial charge < -0.3 is 26.0 Å². The number of nitrogens with one attached hydrogen (secondary N) is 1. The number of aliphatic hydroxyl groups is 2. The zero-order chi connectivity index (χ0) is 24.4. The van der Waals surface area contributed by atoms with Crippen LogP contribution in [0.5, 0.6) is 0 Å². The Kier molecular flexibility index (Phi) is 6.68. The van der Waals surface area contributed by atoms with Crippen molar-refractivity contribution in [1.82, 2.24) is 15.0 Å². The molecule has 0 aliphatic carbocycles. The summed E-state index contributed by atoms with van der Waals surface area (Å²) in [6, 6.07) is 4.78. The Morgan fingerprint density at radius 3 is 2.65 bits per heavy atom. The standard InChI is InChI=1S/C22H18ClF2N5O4/c23-7-17-20(32)15(31)6-16(34-17)10-4-5-27-9-14(10)29-22(33)19-13(26)8-28-21(30-19)18-11(24)2-1-3-12(18)25/h1-6,8-9,15,17,20,31-32H,7,26H2,(H,29,33). The summed E-state index contributed by atoms with van der Waals surface area (Å²) in [6.45, 7) is 0. The van der Waals surface area contributed by atoms with Crippen molar-refractivity contribution in [3.05, 3.63) is 71.8 Å². The normalized spacial score (nSPS) is 19.8. The predicted octanol–water partition coefficient (Wildman–Crippen LogP) is 2.35. The Hall–Kier alpha value is -3.67. The summed E-state index contributed by atoms with van der Waals surface area (Å²) < 4.78 is 34.0. The van der Waals surface area contributed by atoms with Crippen molar-refractivity contribution in [1.29, 1.82) is 0 Å². The summed E-state index contributed by atoms with van der Waals surface area (Å²) in [5.74, 6) is -2.90. The molecule has 3 heterocycles. The molecule has 1 amide bonds. The summed E-state index contributed by atoms with van der Waals surface area (Å²) in [5.41, 5.74) is 5.39. The molecule has 0 spiro atoms. The number of nitrogens with zero attached hydrogens (tertiary/aromatic N) is 3. The van der Waals surface area contributed by atoms with E-state index < -0.39 is 41.4 Å². The predicted molar refractivity (Wildman–Crippen MR) is 120 cm³/mol. The molecule has 5 N–H and O–H groups in total. The van der Waals surface area contributed by atoms with Gasteiger partial charge in [0.05, 0.1) is 35.2 Å². The first kappa shape index (κ1) is 23.5. The zero-order valence-corrected chi connectivity index (χ0v) is 18.1. The molecular weight excluding hydrogens is 472 g/mol. The van der Waals surface area contributed by atoms with E-state index in [4.69, 9.17) is 22.1 Å². The number of carbonyl (C=O) groups excluding carboxylic acids is 1. The molecule has 1 aromatic carbocycles. The molecule has 1 aliphatic rings. The molecule has 12 heteroatoms. The number of rotatable bonds is 5. The Morgan fingerprint density at radius 2 is 1.94 bits per heavy atom. The van der Waals surface area contributed by atoms with Crippen molar-refractivity contribution in [2.24, 2.45) is 0 Å². The van der Waals surface area contributed by atoms with Gasteiger partial charge in [-0.25, -0.2) is 18.7 Å². The highest BCUT2D eigenvalue weighted by molar-refractivity contribution is 6.18. The van der Waals surface area contributed by atoms with Gasteiger partial charge in [-0.2, -0.15) is 0 Å². The first-order valence-corrected chi connectivity index (χ1v) is 10.5. The third kappa shape index (κ3) is 4.53. The number of nitrogens with two attached hydrogens (primary N) is 1. The number of hydrogen-bond acceptors (Lipinski definition) is 8. The third-order valence-electron chi connectivity index (χ3n) is 5.04. The van der Waals surface area contributed by atoms with Gasteiger partial charge in [0.2, 0.25) is 0 Å². The van der Waals surface area contributed by atoms with Crippen LogP contribution >= 0.6 is 11.6 Å². The lowest BCUT2D eigenvalue weighted by molar-refractivity contribution is -0.0441. The molecule has 0 radical (unpaired) electrons. The topological polar surface area (TPSA) is 143 Å². The van der Waals surface area contributed by atoms with Crippen LogP contribution in [-0.2, 0) is 4.74 Å². The van der Waals surface area contributed by atoms with E-state index in [1.165, 1.54) is 30.6 Å². The van der Waals surface area contributed by atoms with Crippen LogP contribution in [0.2, 0.25) is 0 Å². The third-order valence-corrected chi connectivity index (χ3v) is 5.34. The van der Waals surface area contributed by atoms with Gasteiger partial charge in [0.1, 0.15) is 35.7 Å². The average molecular weight is 490 g/mol. The van der Waals surface area contributed by atoms with Gasteiger partial charge in [-0.15, -0.1) is 11.6 Å². The van der Waals surface area contributed by atoms with Crippen LogP contribution < -0.4 is 11.1 Å². The molecule has 3 atom stereocenters. The van der Waals surface area contributed by atoms with Crippen molar-refractivity contribution in [2.45, 2.75) is 18.3 Å². The quantitative estimate of drug-likeness (QED) is 0.400.